The van der Waals surface area contributed by atoms with Crippen molar-refractivity contribution in [3.63, 3.8) is 0 Å². The lowest BCUT2D eigenvalue weighted by Crippen LogP contribution is -2.28. The molecular weight excluding hydrogens is 413 g/mol. The Morgan fingerprint density at radius 1 is 1.16 bits per heavy atom. The molecule has 0 heterocycles. The first kappa shape index (κ1) is 19.7. The fourth-order valence-corrected chi connectivity index (χ4v) is 4.12. The fourth-order valence-electron chi connectivity index (χ4n) is 2.40. The first-order valence-electron chi connectivity index (χ1n) is 7.41. The summed E-state index contributed by atoms with van der Waals surface area (Å²) in [5.74, 6) is 0.0842. The number of methoxy groups -OCH3 is 2. The van der Waals surface area contributed by atoms with E-state index >= 15 is 0 Å². The van der Waals surface area contributed by atoms with Gasteiger partial charge in [-0.3, -0.25) is 0 Å². The van der Waals surface area contributed by atoms with Gasteiger partial charge in [0.05, 0.1) is 20.0 Å². The van der Waals surface area contributed by atoms with Crippen molar-refractivity contribution in [1.29, 1.82) is 0 Å². The van der Waals surface area contributed by atoms with Crippen molar-refractivity contribution in [3.05, 3.63) is 57.8 Å². The van der Waals surface area contributed by atoms with Crippen LogP contribution >= 0.6 is 15.9 Å². The topological polar surface area (TPSA) is 64.6 Å². The smallest absolute Gasteiger partial charge is 0.216 e. The molecule has 0 aromatic heterocycles. The van der Waals surface area contributed by atoms with Crippen LogP contribution in [0.25, 0.3) is 0 Å². The predicted molar refractivity (Wildman–Crippen MR) is 97.8 cm³/mol. The largest absolute Gasteiger partial charge is 0.497 e. The van der Waals surface area contributed by atoms with Crippen LogP contribution < -0.4 is 14.2 Å². The molecule has 0 aliphatic heterocycles. The maximum atomic E-state index is 13.9. The molecular formula is C17H19BrFNO4S. The van der Waals surface area contributed by atoms with E-state index in [4.69, 9.17) is 9.47 Å². The van der Waals surface area contributed by atoms with Gasteiger partial charge in [-0.05, 0) is 37.3 Å². The van der Waals surface area contributed by atoms with Crippen molar-refractivity contribution in [1.82, 2.24) is 4.72 Å². The maximum absolute atomic E-state index is 13.9. The van der Waals surface area contributed by atoms with Crippen LogP contribution in [0.1, 0.15) is 24.1 Å². The Morgan fingerprint density at radius 2 is 1.88 bits per heavy atom. The highest BCUT2D eigenvalue weighted by Gasteiger charge is 2.21. The van der Waals surface area contributed by atoms with E-state index in [1.807, 2.05) is 0 Å². The Labute approximate surface area is 155 Å². The molecule has 0 radical (unpaired) electrons. The van der Waals surface area contributed by atoms with Gasteiger partial charge < -0.3 is 9.47 Å². The van der Waals surface area contributed by atoms with E-state index in [1.54, 1.807) is 31.2 Å². The van der Waals surface area contributed by atoms with Crippen molar-refractivity contribution >= 4 is 26.0 Å². The maximum Gasteiger partial charge on any atom is 0.216 e. The molecule has 2 aromatic carbocycles. The minimum Gasteiger partial charge on any atom is -0.497 e. The molecule has 0 bridgehead atoms. The molecule has 2 rings (SSSR count). The normalized spacial score (nSPS) is 12.7. The zero-order valence-electron chi connectivity index (χ0n) is 14.0. The first-order chi connectivity index (χ1) is 11.8. The number of hydrogen-bond acceptors (Lipinski definition) is 4. The van der Waals surface area contributed by atoms with Gasteiger partial charge in [-0.2, -0.15) is 0 Å². The number of rotatable bonds is 7. The zero-order valence-corrected chi connectivity index (χ0v) is 16.4. The van der Waals surface area contributed by atoms with Gasteiger partial charge in [0.2, 0.25) is 10.0 Å². The molecule has 0 aliphatic carbocycles. The zero-order chi connectivity index (χ0) is 18.6. The Morgan fingerprint density at radius 3 is 2.48 bits per heavy atom. The van der Waals surface area contributed by atoms with Gasteiger partial charge in [0.15, 0.2) is 0 Å². The van der Waals surface area contributed by atoms with Gasteiger partial charge in [-0.15, -0.1) is 0 Å². The van der Waals surface area contributed by atoms with Crippen molar-refractivity contribution in [2.75, 3.05) is 14.2 Å². The second-order valence-corrected chi connectivity index (χ2v) is 8.11. The van der Waals surface area contributed by atoms with E-state index in [9.17, 15) is 12.8 Å². The van der Waals surface area contributed by atoms with Crippen LogP contribution in [0, 0.1) is 5.82 Å². The van der Waals surface area contributed by atoms with Crippen LogP contribution in [0.2, 0.25) is 0 Å². The molecule has 1 atom stereocenters. The quantitative estimate of drug-likeness (QED) is 0.724. The van der Waals surface area contributed by atoms with Crippen molar-refractivity contribution in [2.45, 2.75) is 18.7 Å². The second-order valence-electron chi connectivity index (χ2n) is 5.44. The lowest BCUT2D eigenvalue weighted by Gasteiger charge is -2.18. The van der Waals surface area contributed by atoms with Gasteiger partial charge in [-0.1, -0.05) is 22.0 Å². The molecule has 0 amide bonds. The Bertz CT molecular complexity index is 858. The lowest BCUT2D eigenvalue weighted by atomic mass is 10.1. The van der Waals surface area contributed by atoms with Gasteiger partial charge >= 0.3 is 0 Å². The Hall–Kier alpha value is -1.64. The molecule has 0 unspecified atom stereocenters. The highest BCUT2D eigenvalue weighted by Crippen LogP contribution is 2.30. The summed E-state index contributed by atoms with van der Waals surface area (Å²) in [4.78, 5) is 0. The standard InChI is InChI=1S/C17H19BrFNO4S/c1-11(15-9-14(23-2)6-7-17(15)24-3)20-25(21,22)10-12-4-5-13(18)8-16(12)19/h4-9,11,20H,10H2,1-3H3/t11-/m1/s1. The Balaban J connectivity index is 2.22. The predicted octanol–water partition coefficient (Wildman–Crippen LogP) is 3.79. The molecule has 25 heavy (non-hydrogen) atoms. The molecule has 8 heteroatoms. The third kappa shape index (κ3) is 5.17. The summed E-state index contributed by atoms with van der Waals surface area (Å²) in [6.07, 6.45) is 0. The van der Waals surface area contributed by atoms with Crippen molar-refractivity contribution in [2.24, 2.45) is 0 Å². The van der Waals surface area contributed by atoms with Gasteiger partial charge in [0.1, 0.15) is 17.3 Å². The number of ether oxygens (including phenoxy) is 2. The summed E-state index contributed by atoms with van der Waals surface area (Å²) in [6, 6.07) is 8.82. The van der Waals surface area contributed by atoms with Crippen molar-refractivity contribution < 1.29 is 22.3 Å². The third-order valence-corrected chi connectivity index (χ3v) is 5.52. The third-order valence-electron chi connectivity index (χ3n) is 3.62. The molecule has 5 nitrogen and oxygen atoms in total. The summed E-state index contributed by atoms with van der Waals surface area (Å²) in [6.45, 7) is 1.69. The number of hydrogen-bond donors (Lipinski definition) is 1. The lowest BCUT2D eigenvalue weighted by molar-refractivity contribution is 0.395. The van der Waals surface area contributed by atoms with E-state index in [0.29, 0.717) is 21.5 Å². The summed E-state index contributed by atoms with van der Waals surface area (Å²) in [5, 5.41) is 0. The van der Waals surface area contributed by atoms with Gasteiger partial charge in [-0.25, -0.2) is 17.5 Å². The second kappa shape index (κ2) is 8.16. The first-order valence-corrected chi connectivity index (χ1v) is 9.86. The van der Waals surface area contributed by atoms with E-state index in [-0.39, 0.29) is 5.56 Å². The molecule has 0 saturated heterocycles. The highest BCUT2D eigenvalue weighted by molar-refractivity contribution is 9.10. The summed E-state index contributed by atoms with van der Waals surface area (Å²) >= 11 is 3.15. The van der Waals surface area contributed by atoms with Crippen LogP contribution in [0.15, 0.2) is 40.9 Å². The van der Waals surface area contributed by atoms with Gasteiger partial charge in [0.25, 0.3) is 0 Å². The fraction of sp³-hybridized carbons (Fsp3) is 0.294. The van der Waals surface area contributed by atoms with E-state index in [2.05, 4.69) is 20.7 Å². The molecule has 0 spiro atoms. The van der Waals surface area contributed by atoms with E-state index in [0.717, 1.165) is 0 Å². The molecule has 0 aliphatic rings. The highest BCUT2D eigenvalue weighted by atomic mass is 79.9. The van der Waals surface area contributed by atoms with Crippen LogP contribution in [0.4, 0.5) is 4.39 Å². The number of sulfonamides is 1. The minimum atomic E-state index is -3.76. The average molecular weight is 432 g/mol. The van der Waals surface area contributed by atoms with Gasteiger partial charge in [0, 0.05) is 21.6 Å². The number of nitrogens with one attached hydrogen (secondary N) is 1. The van der Waals surface area contributed by atoms with E-state index in [1.165, 1.54) is 26.4 Å². The Kier molecular flexibility index (Phi) is 6.42. The van der Waals surface area contributed by atoms with E-state index < -0.39 is 27.6 Å². The molecule has 2 aromatic rings. The van der Waals surface area contributed by atoms with Crippen LogP contribution in [0.3, 0.4) is 0 Å². The van der Waals surface area contributed by atoms with Crippen LogP contribution in [0.5, 0.6) is 11.5 Å². The molecule has 0 saturated carbocycles. The SMILES string of the molecule is COc1ccc(OC)c([C@@H](C)NS(=O)(=O)Cc2ccc(Br)cc2F)c1. The minimum absolute atomic E-state index is 0.0977. The summed E-state index contributed by atoms with van der Waals surface area (Å²) in [5.41, 5.74) is 0.724. The number of benzene rings is 2. The summed E-state index contributed by atoms with van der Waals surface area (Å²) in [7, 11) is -0.735. The average Bonchev–Trinajstić information content (AvgIpc) is 2.56. The number of halogens is 2. The summed E-state index contributed by atoms with van der Waals surface area (Å²) < 4.78 is 52.3. The van der Waals surface area contributed by atoms with Crippen LogP contribution in [-0.4, -0.2) is 22.6 Å². The molecule has 1 N–H and O–H groups in total. The molecule has 0 fully saturated rings. The van der Waals surface area contributed by atoms with Crippen LogP contribution in [-0.2, 0) is 15.8 Å². The monoisotopic (exact) mass is 431 g/mol. The molecule has 136 valence electrons. The van der Waals surface area contributed by atoms with Crippen molar-refractivity contribution in [3.8, 4) is 11.5 Å².